The summed E-state index contributed by atoms with van der Waals surface area (Å²) in [5, 5.41) is 1.88. The number of methoxy groups -OCH3 is 1. The minimum atomic E-state index is -0.0145. The van der Waals surface area contributed by atoms with Gasteiger partial charge in [0.05, 0.1) is 17.6 Å². The van der Waals surface area contributed by atoms with E-state index in [9.17, 15) is 4.79 Å². The van der Waals surface area contributed by atoms with E-state index < -0.39 is 0 Å². The molecular formula is C12H9BrO2S. The quantitative estimate of drug-likeness (QED) is 0.807. The second-order valence-corrected chi connectivity index (χ2v) is 4.90. The first kappa shape index (κ1) is 11.4. The van der Waals surface area contributed by atoms with Crippen LogP contribution in [-0.2, 0) is 0 Å². The van der Waals surface area contributed by atoms with Gasteiger partial charge in [0.25, 0.3) is 0 Å². The fraction of sp³-hybridized carbons (Fsp3) is 0.0833. The molecule has 2 aromatic rings. The Labute approximate surface area is 106 Å². The highest BCUT2D eigenvalue weighted by atomic mass is 79.9. The third-order valence-electron chi connectivity index (χ3n) is 2.18. The summed E-state index contributed by atoms with van der Waals surface area (Å²) in [5.74, 6) is 0.590. The van der Waals surface area contributed by atoms with Crippen molar-refractivity contribution in [3.8, 4) is 5.75 Å². The van der Waals surface area contributed by atoms with Gasteiger partial charge >= 0.3 is 0 Å². The van der Waals surface area contributed by atoms with Crippen molar-refractivity contribution in [2.45, 2.75) is 0 Å². The van der Waals surface area contributed by atoms with Gasteiger partial charge < -0.3 is 4.74 Å². The van der Waals surface area contributed by atoms with E-state index in [4.69, 9.17) is 4.74 Å². The Morgan fingerprint density at radius 2 is 2.06 bits per heavy atom. The molecule has 0 aliphatic carbocycles. The Hall–Kier alpha value is -1.13. The molecule has 82 valence electrons. The van der Waals surface area contributed by atoms with Crippen molar-refractivity contribution < 1.29 is 9.53 Å². The van der Waals surface area contributed by atoms with E-state index in [-0.39, 0.29) is 5.78 Å². The average molecular weight is 297 g/mol. The highest BCUT2D eigenvalue weighted by Crippen LogP contribution is 2.28. The number of benzene rings is 1. The molecule has 4 heteroatoms. The van der Waals surface area contributed by atoms with Crippen molar-refractivity contribution in [2.24, 2.45) is 0 Å². The summed E-state index contributed by atoms with van der Waals surface area (Å²) in [6, 6.07) is 9.10. The predicted molar refractivity (Wildman–Crippen MR) is 68.4 cm³/mol. The van der Waals surface area contributed by atoms with E-state index >= 15 is 0 Å². The van der Waals surface area contributed by atoms with Crippen LogP contribution in [0.3, 0.4) is 0 Å². The van der Waals surface area contributed by atoms with Gasteiger partial charge in [0.1, 0.15) is 5.75 Å². The molecule has 0 saturated carbocycles. The highest BCUT2D eigenvalue weighted by Gasteiger charge is 2.17. The molecule has 0 amide bonds. The first-order valence-corrected chi connectivity index (χ1v) is 6.32. The second kappa shape index (κ2) is 4.80. The molecule has 1 heterocycles. The molecule has 0 radical (unpaired) electrons. The third kappa shape index (κ3) is 2.03. The number of rotatable bonds is 3. The molecule has 0 saturated heterocycles. The van der Waals surface area contributed by atoms with Gasteiger partial charge in [-0.1, -0.05) is 12.1 Å². The van der Waals surface area contributed by atoms with E-state index in [0.29, 0.717) is 16.2 Å². The van der Waals surface area contributed by atoms with E-state index in [2.05, 4.69) is 15.9 Å². The summed E-state index contributed by atoms with van der Waals surface area (Å²) >= 11 is 4.78. The molecule has 1 aromatic heterocycles. The van der Waals surface area contributed by atoms with Gasteiger partial charge in [-0.2, -0.15) is 0 Å². The number of para-hydroxylation sites is 1. The van der Waals surface area contributed by atoms with Crippen LogP contribution < -0.4 is 4.74 Å². The number of hydrogen-bond donors (Lipinski definition) is 0. The van der Waals surface area contributed by atoms with E-state index in [1.807, 2.05) is 23.6 Å². The van der Waals surface area contributed by atoms with Gasteiger partial charge in [0, 0.05) is 4.47 Å². The van der Waals surface area contributed by atoms with Crippen molar-refractivity contribution in [3.63, 3.8) is 0 Å². The molecule has 0 spiro atoms. The fourth-order valence-electron chi connectivity index (χ4n) is 1.41. The van der Waals surface area contributed by atoms with Gasteiger partial charge in [-0.3, -0.25) is 4.79 Å². The zero-order chi connectivity index (χ0) is 11.5. The lowest BCUT2D eigenvalue weighted by Gasteiger charge is -2.05. The van der Waals surface area contributed by atoms with E-state index in [0.717, 1.165) is 4.47 Å². The zero-order valence-corrected chi connectivity index (χ0v) is 11.0. The minimum absolute atomic E-state index is 0.0145. The smallest absolute Gasteiger partial charge is 0.207 e. The standard InChI is InChI=1S/C12H9BrO2S/c1-15-10-5-3-2-4-8(10)11(14)12-9(13)6-7-16-12/h2-7H,1H3. The molecule has 0 unspecified atom stereocenters. The molecule has 0 fully saturated rings. The number of ketones is 1. The van der Waals surface area contributed by atoms with Crippen molar-refractivity contribution >= 4 is 33.0 Å². The second-order valence-electron chi connectivity index (χ2n) is 3.13. The summed E-state index contributed by atoms with van der Waals surface area (Å²) in [5.41, 5.74) is 0.591. The Kier molecular flexibility index (Phi) is 3.41. The van der Waals surface area contributed by atoms with Crippen molar-refractivity contribution in [1.29, 1.82) is 0 Å². The summed E-state index contributed by atoms with van der Waals surface area (Å²) < 4.78 is 6.00. The Morgan fingerprint density at radius 3 is 2.69 bits per heavy atom. The molecule has 0 aliphatic rings. The van der Waals surface area contributed by atoms with E-state index in [1.54, 1.807) is 19.2 Å². The largest absolute Gasteiger partial charge is 0.496 e. The van der Waals surface area contributed by atoms with Crippen LogP contribution in [0.1, 0.15) is 15.2 Å². The average Bonchev–Trinajstić information content (AvgIpc) is 2.74. The predicted octanol–water partition coefficient (Wildman–Crippen LogP) is 3.75. The molecule has 16 heavy (non-hydrogen) atoms. The molecule has 0 bridgehead atoms. The number of carbonyl (C=O) groups is 1. The van der Waals surface area contributed by atoms with Crippen molar-refractivity contribution in [3.05, 3.63) is 50.6 Å². The SMILES string of the molecule is COc1ccccc1C(=O)c1sccc1Br. The fourth-order valence-corrected chi connectivity index (χ4v) is 2.92. The summed E-state index contributed by atoms with van der Waals surface area (Å²) in [6.45, 7) is 0. The molecule has 1 aromatic carbocycles. The van der Waals surface area contributed by atoms with Crippen molar-refractivity contribution in [1.82, 2.24) is 0 Å². The molecule has 0 N–H and O–H groups in total. The maximum absolute atomic E-state index is 12.2. The first-order chi connectivity index (χ1) is 7.74. The van der Waals surface area contributed by atoms with Crippen LogP contribution >= 0.6 is 27.3 Å². The van der Waals surface area contributed by atoms with Gasteiger partial charge in [-0.05, 0) is 39.5 Å². The van der Waals surface area contributed by atoms with Gasteiger partial charge in [-0.25, -0.2) is 0 Å². The Bertz CT molecular complexity index is 519. The minimum Gasteiger partial charge on any atom is -0.496 e. The van der Waals surface area contributed by atoms with E-state index in [1.165, 1.54) is 11.3 Å². The first-order valence-electron chi connectivity index (χ1n) is 4.64. The number of carbonyl (C=O) groups excluding carboxylic acids is 1. The van der Waals surface area contributed by atoms with Crippen LogP contribution in [0, 0.1) is 0 Å². The number of halogens is 1. The summed E-state index contributed by atoms with van der Waals surface area (Å²) in [4.78, 5) is 12.9. The summed E-state index contributed by atoms with van der Waals surface area (Å²) in [7, 11) is 1.57. The Morgan fingerprint density at radius 1 is 1.31 bits per heavy atom. The lowest BCUT2D eigenvalue weighted by Crippen LogP contribution is -2.02. The van der Waals surface area contributed by atoms with Crippen LogP contribution in [-0.4, -0.2) is 12.9 Å². The molecular weight excluding hydrogens is 288 g/mol. The Balaban J connectivity index is 2.46. The van der Waals surface area contributed by atoms with Crippen LogP contribution in [0.15, 0.2) is 40.2 Å². The molecule has 0 aliphatic heterocycles. The monoisotopic (exact) mass is 296 g/mol. The van der Waals surface area contributed by atoms with Gasteiger partial charge in [0.15, 0.2) is 0 Å². The molecule has 2 nitrogen and oxygen atoms in total. The van der Waals surface area contributed by atoms with Gasteiger partial charge in [0.2, 0.25) is 5.78 Å². The van der Waals surface area contributed by atoms with Crippen LogP contribution in [0.25, 0.3) is 0 Å². The zero-order valence-electron chi connectivity index (χ0n) is 8.57. The number of hydrogen-bond acceptors (Lipinski definition) is 3. The maximum Gasteiger partial charge on any atom is 0.207 e. The maximum atomic E-state index is 12.2. The topological polar surface area (TPSA) is 26.3 Å². The van der Waals surface area contributed by atoms with Crippen molar-refractivity contribution in [2.75, 3.05) is 7.11 Å². The lowest BCUT2D eigenvalue weighted by atomic mass is 10.1. The van der Waals surface area contributed by atoms with Gasteiger partial charge in [-0.15, -0.1) is 11.3 Å². The molecule has 0 atom stereocenters. The van der Waals surface area contributed by atoms with Crippen LogP contribution in [0.5, 0.6) is 5.75 Å². The third-order valence-corrected chi connectivity index (χ3v) is 4.01. The highest BCUT2D eigenvalue weighted by molar-refractivity contribution is 9.10. The summed E-state index contributed by atoms with van der Waals surface area (Å²) in [6.07, 6.45) is 0. The number of thiophene rings is 1. The lowest BCUT2D eigenvalue weighted by molar-refractivity contribution is 0.103. The molecule has 2 rings (SSSR count). The van der Waals surface area contributed by atoms with Crippen LogP contribution in [0.4, 0.5) is 0 Å². The van der Waals surface area contributed by atoms with Crippen LogP contribution in [0.2, 0.25) is 0 Å². The number of ether oxygens (including phenoxy) is 1. The normalized spacial score (nSPS) is 10.1.